The molecule has 2 aromatic carbocycles. The van der Waals surface area contributed by atoms with Crippen LogP contribution < -0.4 is 9.47 Å². The molecule has 3 rings (SSSR count). The minimum Gasteiger partial charge on any atom is -0.493 e. The third kappa shape index (κ3) is 4.70. The molecule has 2 aromatic rings. The number of aryl methyl sites for hydroxylation is 1. The van der Waals surface area contributed by atoms with Crippen LogP contribution in [0, 0.1) is 6.92 Å². The molecule has 0 spiro atoms. The lowest BCUT2D eigenvalue weighted by molar-refractivity contribution is -0.123. The minimum absolute atomic E-state index is 0.0366. The Kier molecular flexibility index (Phi) is 7.21. The first-order chi connectivity index (χ1) is 14.5. The van der Waals surface area contributed by atoms with Gasteiger partial charge in [0, 0.05) is 11.6 Å². The van der Waals surface area contributed by atoms with Crippen LogP contribution in [0.15, 0.2) is 52.4 Å². The van der Waals surface area contributed by atoms with Gasteiger partial charge in [0.05, 0.1) is 24.3 Å². The van der Waals surface area contributed by atoms with E-state index >= 15 is 0 Å². The number of hydrogen-bond donors (Lipinski definition) is 0. The molecular weight excluding hydrogens is 396 g/mol. The smallest absolute Gasteiger partial charge is 0.267 e. The SMILES string of the molecule is CCOc1c(/C=C2/SC(=Nc3ccc(C)cc3)N([C@H](C)CC)C2=O)cccc1OC. The first-order valence-corrected chi connectivity index (χ1v) is 11.0. The van der Waals surface area contributed by atoms with Crippen LogP contribution in [0.5, 0.6) is 11.5 Å². The number of amidine groups is 1. The topological polar surface area (TPSA) is 51.1 Å². The number of carbonyl (C=O) groups excluding carboxylic acids is 1. The Morgan fingerprint density at radius 3 is 2.53 bits per heavy atom. The third-order valence-electron chi connectivity index (χ3n) is 4.93. The van der Waals surface area contributed by atoms with Crippen molar-refractivity contribution in [1.29, 1.82) is 0 Å². The van der Waals surface area contributed by atoms with Gasteiger partial charge >= 0.3 is 0 Å². The van der Waals surface area contributed by atoms with Crippen LogP contribution in [-0.2, 0) is 4.79 Å². The van der Waals surface area contributed by atoms with E-state index in [0.29, 0.717) is 28.2 Å². The molecule has 0 radical (unpaired) electrons. The van der Waals surface area contributed by atoms with E-state index in [9.17, 15) is 4.79 Å². The van der Waals surface area contributed by atoms with Gasteiger partial charge in [-0.05, 0) is 63.2 Å². The van der Waals surface area contributed by atoms with E-state index in [1.165, 1.54) is 17.3 Å². The predicted octanol–water partition coefficient (Wildman–Crippen LogP) is 5.80. The van der Waals surface area contributed by atoms with Crippen molar-refractivity contribution in [3.8, 4) is 11.5 Å². The molecule has 1 heterocycles. The number of carbonyl (C=O) groups is 1. The van der Waals surface area contributed by atoms with Crippen molar-refractivity contribution in [3.63, 3.8) is 0 Å². The van der Waals surface area contributed by atoms with Gasteiger partial charge in [0.15, 0.2) is 16.7 Å². The van der Waals surface area contributed by atoms with Gasteiger partial charge in [-0.25, -0.2) is 4.99 Å². The highest BCUT2D eigenvalue weighted by atomic mass is 32.2. The number of ether oxygens (including phenoxy) is 2. The fourth-order valence-corrected chi connectivity index (χ4v) is 4.19. The zero-order valence-electron chi connectivity index (χ0n) is 18.1. The Hall–Kier alpha value is -2.73. The van der Waals surface area contributed by atoms with Crippen molar-refractivity contribution in [2.24, 2.45) is 4.99 Å². The molecule has 30 heavy (non-hydrogen) atoms. The standard InChI is InChI=1S/C24H28N2O3S/c1-6-17(4)26-23(27)21(30-24(26)25-19-13-11-16(3)12-14-19)15-18-9-8-10-20(28-5)22(18)29-7-2/h8-15,17H,6-7H2,1-5H3/b21-15+,25-24?/t17-/m1/s1. The van der Waals surface area contributed by atoms with Gasteiger partial charge in [0.25, 0.3) is 5.91 Å². The van der Waals surface area contributed by atoms with Crippen molar-refractivity contribution in [3.05, 3.63) is 58.5 Å². The fourth-order valence-electron chi connectivity index (χ4n) is 3.11. The molecule has 158 valence electrons. The number of para-hydroxylation sites is 1. The number of nitrogens with zero attached hydrogens (tertiary/aromatic N) is 2. The van der Waals surface area contributed by atoms with Crippen molar-refractivity contribution in [2.45, 2.75) is 40.2 Å². The Balaban J connectivity index is 2.03. The third-order valence-corrected chi connectivity index (χ3v) is 5.91. The maximum Gasteiger partial charge on any atom is 0.267 e. The molecule has 6 heteroatoms. The van der Waals surface area contributed by atoms with Crippen LogP contribution in [0.2, 0.25) is 0 Å². The summed E-state index contributed by atoms with van der Waals surface area (Å²) >= 11 is 1.40. The predicted molar refractivity (Wildman–Crippen MR) is 125 cm³/mol. The number of rotatable bonds is 7. The second kappa shape index (κ2) is 9.85. The summed E-state index contributed by atoms with van der Waals surface area (Å²) in [5, 5.41) is 0.699. The van der Waals surface area contributed by atoms with Gasteiger partial charge in [0.1, 0.15) is 0 Å². The van der Waals surface area contributed by atoms with Crippen LogP contribution in [0.1, 0.15) is 38.3 Å². The zero-order valence-corrected chi connectivity index (χ0v) is 19.0. The molecule has 1 atom stereocenters. The second-order valence-corrected chi connectivity index (χ2v) is 8.09. The zero-order chi connectivity index (χ0) is 21.7. The summed E-state index contributed by atoms with van der Waals surface area (Å²) in [7, 11) is 1.61. The lowest BCUT2D eigenvalue weighted by atomic mass is 10.1. The van der Waals surface area contributed by atoms with Gasteiger partial charge in [-0.3, -0.25) is 9.69 Å². The maximum absolute atomic E-state index is 13.3. The molecule has 1 fully saturated rings. The van der Waals surface area contributed by atoms with E-state index in [2.05, 4.69) is 6.92 Å². The highest BCUT2D eigenvalue weighted by Crippen LogP contribution is 2.39. The number of aliphatic imine (C=N–C) groups is 1. The Morgan fingerprint density at radius 1 is 1.17 bits per heavy atom. The summed E-state index contributed by atoms with van der Waals surface area (Å²) in [6.07, 6.45) is 2.71. The normalized spacial score (nSPS) is 17.6. The molecular formula is C24H28N2O3S. The molecule has 0 N–H and O–H groups in total. The molecule has 0 aromatic heterocycles. The first-order valence-electron chi connectivity index (χ1n) is 10.2. The summed E-state index contributed by atoms with van der Waals surface area (Å²) in [5.74, 6) is 1.25. The van der Waals surface area contributed by atoms with Gasteiger partial charge in [-0.2, -0.15) is 0 Å². The van der Waals surface area contributed by atoms with Crippen molar-refractivity contribution in [1.82, 2.24) is 4.90 Å². The lowest BCUT2D eigenvalue weighted by Gasteiger charge is -2.22. The number of hydrogen-bond acceptors (Lipinski definition) is 5. The van der Waals surface area contributed by atoms with Gasteiger partial charge < -0.3 is 9.47 Å². The van der Waals surface area contributed by atoms with Crippen LogP contribution in [0.25, 0.3) is 6.08 Å². The Labute approximate surface area is 182 Å². The van der Waals surface area contributed by atoms with E-state index in [1.807, 2.05) is 69.3 Å². The van der Waals surface area contributed by atoms with Gasteiger partial charge in [-0.1, -0.05) is 36.8 Å². The van der Waals surface area contributed by atoms with E-state index in [0.717, 1.165) is 17.7 Å². The molecule has 0 saturated carbocycles. The molecule has 5 nitrogen and oxygen atoms in total. The largest absolute Gasteiger partial charge is 0.493 e. The monoisotopic (exact) mass is 424 g/mol. The van der Waals surface area contributed by atoms with Crippen LogP contribution in [0.3, 0.4) is 0 Å². The summed E-state index contributed by atoms with van der Waals surface area (Å²) in [6.45, 7) is 8.60. The summed E-state index contributed by atoms with van der Waals surface area (Å²) < 4.78 is 11.2. The van der Waals surface area contributed by atoms with E-state index in [4.69, 9.17) is 14.5 Å². The van der Waals surface area contributed by atoms with E-state index < -0.39 is 0 Å². The number of thioether (sulfide) groups is 1. The molecule has 1 aliphatic heterocycles. The van der Waals surface area contributed by atoms with Crippen LogP contribution in [0.4, 0.5) is 5.69 Å². The van der Waals surface area contributed by atoms with Crippen molar-refractivity contribution >= 4 is 34.6 Å². The Morgan fingerprint density at radius 2 is 1.90 bits per heavy atom. The van der Waals surface area contributed by atoms with Crippen LogP contribution >= 0.6 is 11.8 Å². The molecule has 1 aliphatic rings. The van der Waals surface area contributed by atoms with Crippen molar-refractivity contribution < 1.29 is 14.3 Å². The fraction of sp³-hybridized carbons (Fsp3) is 0.333. The second-order valence-electron chi connectivity index (χ2n) is 7.08. The molecule has 0 aliphatic carbocycles. The molecule has 0 unspecified atom stereocenters. The number of benzene rings is 2. The molecule has 1 saturated heterocycles. The van der Waals surface area contributed by atoms with E-state index in [-0.39, 0.29) is 11.9 Å². The maximum atomic E-state index is 13.3. The highest BCUT2D eigenvalue weighted by Gasteiger charge is 2.36. The number of amides is 1. The molecule has 0 bridgehead atoms. The summed E-state index contributed by atoms with van der Waals surface area (Å²) in [6, 6.07) is 13.7. The highest BCUT2D eigenvalue weighted by molar-refractivity contribution is 8.18. The average Bonchev–Trinajstić information content (AvgIpc) is 3.05. The summed E-state index contributed by atoms with van der Waals surface area (Å²) in [5.41, 5.74) is 2.82. The number of methoxy groups -OCH3 is 1. The van der Waals surface area contributed by atoms with E-state index in [1.54, 1.807) is 12.0 Å². The summed E-state index contributed by atoms with van der Waals surface area (Å²) in [4.78, 5) is 20.5. The first kappa shape index (κ1) is 22.0. The van der Waals surface area contributed by atoms with Gasteiger partial charge in [-0.15, -0.1) is 0 Å². The quantitative estimate of drug-likeness (QED) is 0.527. The van der Waals surface area contributed by atoms with Crippen LogP contribution in [-0.4, -0.2) is 35.7 Å². The molecule has 1 amide bonds. The van der Waals surface area contributed by atoms with Gasteiger partial charge in [0.2, 0.25) is 0 Å². The average molecular weight is 425 g/mol. The minimum atomic E-state index is -0.0366. The lowest BCUT2D eigenvalue weighted by Crippen LogP contribution is -2.36. The Bertz CT molecular complexity index is 967. The van der Waals surface area contributed by atoms with Crippen molar-refractivity contribution in [2.75, 3.05) is 13.7 Å².